The molecular weight excluding hydrogens is 264 g/mol. The average molecular weight is 271 g/mol. The van der Waals surface area contributed by atoms with Crippen LogP contribution in [0, 0.1) is 10.1 Å². The van der Waals surface area contributed by atoms with Crippen molar-refractivity contribution < 1.29 is 9.76 Å². The van der Waals surface area contributed by atoms with Crippen LogP contribution in [0.5, 0.6) is 0 Å². The van der Waals surface area contributed by atoms with E-state index in [-0.39, 0.29) is 5.69 Å². The molecule has 1 heterocycles. The first-order valence-electron chi connectivity index (χ1n) is 4.22. The van der Waals surface area contributed by atoms with E-state index in [2.05, 4.69) is 15.9 Å². The second-order valence-electron chi connectivity index (χ2n) is 2.93. The van der Waals surface area contributed by atoms with Crippen molar-refractivity contribution in [1.29, 1.82) is 0 Å². The predicted octanol–water partition coefficient (Wildman–Crippen LogP) is 2.58. The maximum absolute atomic E-state index is 10.4. The highest BCUT2D eigenvalue weighted by molar-refractivity contribution is 9.11. The molecule has 0 saturated carbocycles. The molecule has 78 valence electrons. The van der Waals surface area contributed by atoms with Crippen molar-refractivity contribution in [3.8, 4) is 0 Å². The van der Waals surface area contributed by atoms with E-state index in [0.717, 1.165) is 5.69 Å². The van der Waals surface area contributed by atoms with Crippen molar-refractivity contribution in [2.24, 2.45) is 0 Å². The summed E-state index contributed by atoms with van der Waals surface area (Å²) in [7, 11) is 0. The van der Waals surface area contributed by atoms with Crippen LogP contribution < -0.4 is 5.06 Å². The standard InChI is InChI=1S/C9H7BrN2O3/c10-9-5-6-11(15-9)7-1-3-8(4-2-7)12(13)14/h1-5H,6H2. The number of rotatable bonds is 2. The van der Waals surface area contributed by atoms with Gasteiger partial charge in [-0.2, -0.15) is 0 Å². The second-order valence-corrected chi connectivity index (χ2v) is 3.72. The van der Waals surface area contributed by atoms with Crippen LogP contribution in [0.2, 0.25) is 0 Å². The number of hydrogen-bond acceptors (Lipinski definition) is 4. The van der Waals surface area contributed by atoms with Crippen molar-refractivity contribution in [2.75, 3.05) is 11.6 Å². The number of benzene rings is 1. The van der Waals surface area contributed by atoms with E-state index in [4.69, 9.17) is 4.84 Å². The zero-order valence-corrected chi connectivity index (χ0v) is 9.18. The highest BCUT2D eigenvalue weighted by Crippen LogP contribution is 2.25. The molecule has 15 heavy (non-hydrogen) atoms. The quantitative estimate of drug-likeness (QED) is 0.612. The molecule has 6 heteroatoms. The smallest absolute Gasteiger partial charge is 0.269 e. The maximum atomic E-state index is 10.4. The van der Waals surface area contributed by atoms with E-state index in [0.29, 0.717) is 11.2 Å². The van der Waals surface area contributed by atoms with Gasteiger partial charge in [0.15, 0.2) is 4.67 Å². The van der Waals surface area contributed by atoms with Crippen LogP contribution in [0.3, 0.4) is 0 Å². The molecule has 1 aromatic carbocycles. The summed E-state index contributed by atoms with van der Waals surface area (Å²) in [6.07, 6.45) is 1.86. The van der Waals surface area contributed by atoms with Crippen LogP contribution in [0.15, 0.2) is 35.0 Å². The summed E-state index contributed by atoms with van der Waals surface area (Å²) in [5.74, 6) is 0. The highest BCUT2D eigenvalue weighted by Gasteiger charge is 2.15. The minimum atomic E-state index is -0.428. The average Bonchev–Trinajstić information content (AvgIpc) is 2.65. The summed E-state index contributed by atoms with van der Waals surface area (Å²) in [5, 5.41) is 12.1. The first-order chi connectivity index (χ1) is 7.16. The van der Waals surface area contributed by atoms with E-state index in [1.54, 1.807) is 17.2 Å². The van der Waals surface area contributed by atoms with Crippen LogP contribution in [0.4, 0.5) is 11.4 Å². The van der Waals surface area contributed by atoms with Gasteiger partial charge in [-0.1, -0.05) is 0 Å². The molecule has 0 saturated heterocycles. The van der Waals surface area contributed by atoms with E-state index < -0.39 is 4.92 Å². The molecule has 0 fully saturated rings. The van der Waals surface area contributed by atoms with E-state index >= 15 is 0 Å². The lowest BCUT2D eigenvalue weighted by Crippen LogP contribution is -2.16. The van der Waals surface area contributed by atoms with Crippen molar-refractivity contribution in [3.05, 3.63) is 45.1 Å². The van der Waals surface area contributed by atoms with Crippen molar-refractivity contribution in [2.45, 2.75) is 0 Å². The van der Waals surface area contributed by atoms with E-state index in [9.17, 15) is 10.1 Å². The molecular formula is C9H7BrN2O3. The Bertz CT molecular complexity index is 416. The zero-order valence-electron chi connectivity index (χ0n) is 7.59. The molecule has 0 N–H and O–H groups in total. The molecule has 1 aromatic rings. The van der Waals surface area contributed by atoms with Gasteiger partial charge in [-0.3, -0.25) is 10.1 Å². The molecule has 0 unspecified atom stereocenters. The van der Waals surface area contributed by atoms with Crippen LogP contribution in [0.1, 0.15) is 0 Å². The molecule has 5 nitrogen and oxygen atoms in total. The van der Waals surface area contributed by atoms with Crippen molar-refractivity contribution >= 4 is 27.3 Å². The summed E-state index contributed by atoms with van der Waals surface area (Å²) < 4.78 is 0.654. The number of hydrogen-bond donors (Lipinski definition) is 0. The van der Waals surface area contributed by atoms with Gasteiger partial charge in [0.2, 0.25) is 0 Å². The lowest BCUT2D eigenvalue weighted by atomic mass is 10.3. The Kier molecular flexibility index (Phi) is 2.59. The Balaban J connectivity index is 2.14. The lowest BCUT2D eigenvalue weighted by molar-refractivity contribution is -0.384. The normalized spacial score (nSPS) is 14.7. The number of nitro groups is 1. The van der Waals surface area contributed by atoms with Crippen LogP contribution >= 0.6 is 15.9 Å². The molecule has 0 atom stereocenters. The molecule has 0 spiro atoms. The summed E-state index contributed by atoms with van der Waals surface area (Å²) in [4.78, 5) is 15.3. The van der Waals surface area contributed by atoms with Gasteiger partial charge < -0.3 is 4.84 Å². The number of anilines is 1. The van der Waals surface area contributed by atoms with E-state index in [1.165, 1.54) is 12.1 Å². The number of nitrogens with zero attached hydrogens (tertiary/aromatic N) is 2. The van der Waals surface area contributed by atoms with Crippen LogP contribution in [-0.2, 0) is 4.84 Å². The van der Waals surface area contributed by atoms with Crippen LogP contribution in [-0.4, -0.2) is 11.5 Å². The molecule has 0 amide bonds. The highest BCUT2D eigenvalue weighted by atomic mass is 79.9. The minimum Gasteiger partial charge on any atom is -0.372 e. The number of hydroxylamine groups is 1. The van der Waals surface area contributed by atoms with Gasteiger partial charge in [0.25, 0.3) is 5.69 Å². The van der Waals surface area contributed by atoms with Crippen LogP contribution in [0.25, 0.3) is 0 Å². The van der Waals surface area contributed by atoms with Gasteiger partial charge in [-0.05, 0) is 34.1 Å². The minimum absolute atomic E-state index is 0.0740. The van der Waals surface area contributed by atoms with E-state index in [1.807, 2.05) is 6.08 Å². The Hall–Kier alpha value is -1.56. The predicted molar refractivity (Wildman–Crippen MR) is 58.5 cm³/mol. The molecule has 0 aromatic heterocycles. The number of nitro benzene ring substituents is 1. The monoisotopic (exact) mass is 270 g/mol. The molecule has 0 aliphatic carbocycles. The van der Waals surface area contributed by atoms with Gasteiger partial charge in [0.05, 0.1) is 17.2 Å². The molecule has 2 rings (SSSR count). The number of halogens is 1. The topological polar surface area (TPSA) is 55.6 Å². The summed E-state index contributed by atoms with van der Waals surface area (Å²) in [6.45, 7) is 0.623. The van der Waals surface area contributed by atoms with Gasteiger partial charge in [-0.25, -0.2) is 5.06 Å². The summed E-state index contributed by atoms with van der Waals surface area (Å²) in [5.41, 5.74) is 0.858. The first kappa shape index (κ1) is 9.97. The third kappa shape index (κ3) is 2.10. The molecule has 0 bridgehead atoms. The summed E-state index contributed by atoms with van der Waals surface area (Å²) in [6, 6.07) is 6.20. The van der Waals surface area contributed by atoms with Crippen molar-refractivity contribution in [1.82, 2.24) is 0 Å². The Morgan fingerprint density at radius 1 is 1.40 bits per heavy atom. The SMILES string of the molecule is O=[N+]([O-])c1ccc(N2CC=C(Br)O2)cc1. The largest absolute Gasteiger partial charge is 0.372 e. The number of non-ortho nitro benzene ring substituents is 1. The fourth-order valence-electron chi connectivity index (χ4n) is 1.23. The van der Waals surface area contributed by atoms with Gasteiger partial charge in [-0.15, -0.1) is 0 Å². The fraction of sp³-hybridized carbons (Fsp3) is 0.111. The third-order valence-electron chi connectivity index (χ3n) is 1.96. The van der Waals surface area contributed by atoms with Gasteiger partial charge in [0.1, 0.15) is 0 Å². The maximum Gasteiger partial charge on any atom is 0.269 e. The fourth-order valence-corrected chi connectivity index (χ4v) is 1.55. The van der Waals surface area contributed by atoms with Gasteiger partial charge >= 0.3 is 0 Å². The molecule has 1 aliphatic rings. The van der Waals surface area contributed by atoms with Crippen molar-refractivity contribution in [3.63, 3.8) is 0 Å². The Morgan fingerprint density at radius 2 is 2.07 bits per heavy atom. The van der Waals surface area contributed by atoms with Gasteiger partial charge in [0, 0.05) is 12.1 Å². The Morgan fingerprint density at radius 3 is 2.53 bits per heavy atom. The molecule has 0 radical (unpaired) electrons. The zero-order chi connectivity index (χ0) is 10.8. The molecule has 1 aliphatic heterocycles. The second kappa shape index (κ2) is 3.90. The lowest BCUT2D eigenvalue weighted by Gasteiger charge is -2.16. The first-order valence-corrected chi connectivity index (χ1v) is 5.02. The third-order valence-corrected chi connectivity index (χ3v) is 2.43. The summed E-state index contributed by atoms with van der Waals surface area (Å²) >= 11 is 3.20. The Labute approximate surface area is 94.2 Å².